The molecule has 0 aromatic heterocycles. The zero-order valence-electron chi connectivity index (χ0n) is 12.5. The summed E-state index contributed by atoms with van der Waals surface area (Å²) in [6.07, 6.45) is 1.61. The van der Waals surface area contributed by atoms with Crippen LogP contribution >= 0.6 is 0 Å². The lowest BCUT2D eigenvalue weighted by atomic mass is 9.91. The lowest BCUT2D eigenvalue weighted by Gasteiger charge is -2.44. The van der Waals surface area contributed by atoms with Gasteiger partial charge in [0.15, 0.2) is 0 Å². The van der Waals surface area contributed by atoms with Crippen molar-refractivity contribution in [2.24, 2.45) is 0 Å². The van der Waals surface area contributed by atoms with Gasteiger partial charge < -0.3 is 14.5 Å². The first kappa shape index (κ1) is 14.8. The number of ether oxygens (including phenoxy) is 1. The molecule has 5 nitrogen and oxygen atoms in total. The summed E-state index contributed by atoms with van der Waals surface area (Å²) in [6.45, 7) is 8.71. The van der Waals surface area contributed by atoms with E-state index in [-0.39, 0.29) is 11.5 Å². The third kappa shape index (κ3) is 3.46. The number of hydrogen-bond donors (Lipinski definition) is 0. The van der Waals surface area contributed by atoms with E-state index >= 15 is 0 Å². The van der Waals surface area contributed by atoms with E-state index in [4.69, 9.17) is 4.74 Å². The summed E-state index contributed by atoms with van der Waals surface area (Å²) in [4.78, 5) is 19.1. The largest absolute Gasteiger partial charge is 0.466 e. The maximum absolute atomic E-state index is 11.9. The molecule has 2 aliphatic rings. The van der Waals surface area contributed by atoms with Crippen molar-refractivity contribution in [1.82, 2.24) is 14.7 Å². The van der Waals surface area contributed by atoms with Crippen molar-refractivity contribution in [2.45, 2.75) is 25.3 Å². The fourth-order valence-corrected chi connectivity index (χ4v) is 3.34. The Morgan fingerprint density at radius 3 is 2.32 bits per heavy atom. The third-order valence-electron chi connectivity index (χ3n) is 4.48. The monoisotopic (exact) mass is 269 g/mol. The summed E-state index contributed by atoms with van der Waals surface area (Å²) in [6, 6.07) is 0. The maximum Gasteiger partial charge on any atom is 0.307 e. The number of likely N-dealkylation sites (N-methyl/N-ethyl adjacent to an activating group) is 2. The van der Waals surface area contributed by atoms with Gasteiger partial charge in [0.2, 0.25) is 0 Å². The topological polar surface area (TPSA) is 36.0 Å². The maximum atomic E-state index is 11.9. The first-order valence-corrected chi connectivity index (χ1v) is 7.33. The molecule has 2 heterocycles. The van der Waals surface area contributed by atoms with Crippen LogP contribution in [0.4, 0.5) is 0 Å². The van der Waals surface area contributed by atoms with Gasteiger partial charge in [0.25, 0.3) is 0 Å². The van der Waals surface area contributed by atoms with E-state index in [0.717, 1.165) is 45.7 Å². The molecule has 1 atom stereocenters. The molecule has 5 heteroatoms. The van der Waals surface area contributed by atoms with Crippen molar-refractivity contribution >= 4 is 5.97 Å². The molecule has 0 saturated carbocycles. The van der Waals surface area contributed by atoms with E-state index in [2.05, 4.69) is 28.8 Å². The number of esters is 1. The van der Waals surface area contributed by atoms with Gasteiger partial charge in [-0.3, -0.25) is 9.69 Å². The SMILES string of the molecule is CCOC(=O)CC1(N2CCN(C)CC2)CCN(C)C1. The Morgan fingerprint density at radius 1 is 1.11 bits per heavy atom. The molecule has 0 spiro atoms. The summed E-state index contributed by atoms with van der Waals surface area (Å²) in [5, 5.41) is 0. The van der Waals surface area contributed by atoms with Crippen LogP contribution in [0.3, 0.4) is 0 Å². The minimum atomic E-state index is -0.0447. The van der Waals surface area contributed by atoms with Crippen molar-refractivity contribution in [3.05, 3.63) is 0 Å². The lowest BCUT2D eigenvalue weighted by molar-refractivity contribution is -0.146. The van der Waals surface area contributed by atoms with Gasteiger partial charge >= 0.3 is 5.97 Å². The molecule has 2 rings (SSSR count). The molecule has 19 heavy (non-hydrogen) atoms. The minimum Gasteiger partial charge on any atom is -0.466 e. The van der Waals surface area contributed by atoms with Crippen LogP contribution in [0.15, 0.2) is 0 Å². The molecule has 1 unspecified atom stereocenters. The molecule has 2 saturated heterocycles. The molecule has 0 bridgehead atoms. The van der Waals surface area contributed by atoms with Gasteiger partial charge in [-0.2, -0.15) is 0 Å². The zero-order chi connectivity index (χ0) is 13.9. The highest BCUT2D eigenvalue weighted by molar-refractivity contribution is 5.71. The van der Waals surface area contributed by atoms with Gasteiger partial charge in [-0.05, 0) is 34.0 Å². The highest BCUT2D eigenvalue weighted by atomic mass is 16.5. The Morgan fingerprint density at radius 2 is 1.79 bits per heavy atom. The molecule has 2 fully saturated rings. The predicted octanol–water partition coefficient (Wildman–Crippen LogP) is 0.261. The summed E-state index contributed by atoms with van der Waals surface area (Å²) >= 11 is 0. The Labute approximate surface area is 116 Å². The fraction of sp³-hybridized carbons (Fsp3) is 0.929. The van der Waals surface area contributed by atoms with Gasteiger partial charge in [0.05, 0.1) is 13.0 Å². The van der Waals surface area contributed by atoms with Gasteiger partial charge in [0, 0.05) is 38.3 Å². The Hall–Kier alpha value is -0.650. The van der Waals surface area contributed by atoms with Crippen LogP contribution in [0.5, 0.6) is 0 Å². The minimum absolute atomic E-state index is 0.00225. The van der Waals surface area contributed by atoms with Crippen molar-refractivity contribution in [1.29, 1.82) is 0 Å². The van der Waals surface area contributed by atoms with E-state index in [1.165, 1.54) is 0 Å². The summed E-state index contributed by atoms with van der Waals surface area (Å²) < 4.78 is 5.18. The standard InChI is InChI=1S/C14H27N3O2/c1-4-19-13(18)11-14(5-6-16(3)12-14)17-9-7-15(2)8-10-17/h4-12H2,1-3H3. The Kier molecular flexibility index (Phi) is 4.81. The number of carbonyl (C=O) groups is 1. The van der Waals surface area contributed by atoms with Crippen LogP contribution in [0.2, 0.25) is 0 Å². The lowest BCUT2D eigenvalue weighted by Crippen LogP contribution is -2.58. The van der Waals surface area contributed by atoms with Crippen molar-refractivity contribution in [2.75, 3.05) is 60.0 Å². The fourth-order valence-electron chi connectivity index (χ4n) is 3.34. The second kappa shape index (κ2) is 6.20. The summed E-state index contributed by atoms with van der Waals surface area (Å²) in [5.41, 5.74) is 0.00225. The first-order chi connectivity index (χ1) is 9.05. The molecule has 0 aromatic carbocycles. The van der Waals surface area contributed by atoms with E-state index in [1.54, 1.807) is 0 Å². The first-order valence-electron chi connectivity index (χ1n) is 7.33. The zero-order valence-corrected chi connectivity index (χ0v) is 12.5. The molecule has 0 amide bonds. The van der Waals surface area contributed by atoms with Gasteiger partial charge in [-0.1, -0.05) is 0 Å². The average Bonchev–Trinajstić information content (AvgIpc) is 2.73. The molecular formula is C14H27N3O2. The predicted molar refractivity (Wildman–Crippen MR) is 75.2 cm³/mol. The molecule has 0 aliphatic carbocycles. The van der Waals surface area contributed by atoms with Crippen molar-refractivity contribution in [3.63, 3.8) is 0 Å². The van der Waals surface area contributed by atoms with E-state index in [1.807, 2.05) is 6.92 Å². The number of likely N-dealkylation sites (tertiary alicyclic amines) is 1. The third-order valence-corrected chi connectivity index (χ3v) is 4.48. The Bertz CT molecular complexity index is 316. The normalized spacial score (nSPS) is 30.7. The molecule has 110 valence electrons. The Balaban J connectivity index is 2.04. The molecular weight excluding hydrogens is 242 g/mol. The van der Waals surface area contributed by atoms with Gasteiger partial charge in [0.1, 0.15) is 0 Å². The van der Waals surface area contributed by atoms with Gasteiger partial charge in [-0.15, -0.1) is 0 Å². The van der Waals surface area contributed by atoms with Crippen molar-refractivity contribution in [3.8, 4) is 0 Å². The van der Waals surface area contributed by atoms with Crippen LogP contribution in [0.1, 0.15) is 19.8 Å². The van der Waals surface area contributed by atoms with Crippen LogP contribution in [-0.2, 0) is 9.53 Å². The molecule has 0 N–H and O–H groups in total. The number of nitrogens with zero attached hydrogens (tertiary/aromatic N) is 3. The quantitative estimate of drug-likeness (QED) is 0.684. The highest BCUT2D eigenvalue weighted by Crippen LogP contribution is 2.32. The van der Waals surface area contributed by atoms with E-state index in [0.29, 0.717) is 13.0 Å². The van der Waals surface area contributed by atoms with Crippen molar-refractivity contribution < 1.29 is 9.53 Å². The highest BCUT2D eigenvalue weighted by Gasteiger charge is 2.44. The van der Waals surface area contributed by atoms with E-state index in [9.17, 15) is 4.79 Å². The van der Waals surface area contributed by atoms with Crippen LogP contribution < -0.4 is 0 Å². The number of rotatable bonds is 4. The summed E-state index contributed by atoms with van der Waals surface area (Å²) in [5.74, 6) is -0.0447. The van der Waals surface area contributed by atoms with Crippen LogP contribution in [0, 0.1) is 0 Å². The van der Waals surface area contributed by atoms with Crippen LogP contribution in [-0.4, -0.2) is 86.2 Å². The van der Waals surface area contributed by atoms with Crippen LogP contribution in [0.25, 0.3) is 0 Å². The average molecular weight is 269 g/mol. The number of carbonyl (C=O) groups excluding carboxylic acids is 1. The summed E-state index contributed by atoms with van der Waals surface area (Å²) in [7, 11) is 4.30. The molecule has 0 radical (unpaired) electrons. The molecule has 2 aliphatic heterocycles. The second-order valence-corrected chi connectivity index (χ2v) is 5.98. The van der Waals surface area contributed by atoms with E-state index < -0.39 is 0 Å². The number of piperazine rings is 1. The number of hydrogen-bond acceptors (Lipinski definition) is 5. The smallest absolute Gasteiger partial charge is 0.307 e. The van der Waals surface area contributed by atoms with Gasteiger partial charge in [-0.25, -0.2) is 0 Å². The molecule has 0 aromatic rings. The second-order valence-electron chi connectivity index (χ2n) is 5.98.